The number of primary amides is 1. The number of benzene rings is 1. The minimum Gasteiger partial charge on any atom is -0.372 e. The first-order chi connectivity index (χ1) is 14.5. The molecule has 0 spiro atoms. The van der Waals surface area contributed by atoms with E-state index in [9.17, 15) is 0 Å². The van der Waals surface area contributed by atoms with Crippen LogP contribution in [-0.4, -0.2) is 39.9 Å². The van der Waals surface area contributed by atoms with E-state index in [0.29, 0.717) is 0 Å². The van der Waals surface area contributed by atoms with E-state index < -0.39 is 0 Å². The molecule has 5 rings (SSSR count). The van der Waals surface area contributed by atoms with Gasteiger partial charge in [0.25, 0.3) is 0 Å². The van der Waals surface area contributed by atoms with Crippen LogP contribution in [-0.2, 0) is 17.8 Å². The van der Waals surface area contributed by atoms with Crippen LogP contribution in [0, 0.1) is 13.8 Å². The van der Waals surface area contributed by atoms with Crippen molar-refractivity contribution in [3.05, 3.63) is 58.4 Å². The number of aromatic amines is 1. The van der Waals surface area contributed by atoms with Gasteiger partial charge in [-0.1, -0.05) is 12.1 Å². The Morgan fingerprint density at radius 1 is 1.20 bits per heavy atom. The van der Waals surface area contributed by atoms with Crippen LogP contribution < -0.4 is 5.73 Å². The van der Waals surface area contributed by atoms with E-state index >= 15 is 0 Å². The van der Waals surface area contributed by atoms with Crippen LogP contribution in [0.15, 0.2) is 36.7 Å². The molecule has 0 unspecified atom stereocenters. The summed E-state index contributed by atoms with van der Waals surface area (Å²) >= 11 is 1.74. The van der Waals surface area contributed by atoms with Gasteiger partial charge < -0.3 is 15.6 Å². The maximum absolute atomic E-state index is 8.58. The number of nitrogens with one attached hydrogen (secondary N) is 1. The van der Waals surface area contributed by atoms with Gasteiger partial charge in [-0.25, -0.2) is 9.97 Å². The highest BCUT2D eigenvalue weighted by molar-refractivity contribution is 7.15. The molecule has 1 aliphatic heterocycles. The molecule has 3 N–H and O–H groups in total. The van der Waals surface area contributed by atoms with Crippen LogP contribution in [0.5, 0.6) is 0 Å². The van der Waals surface area contributed by atoms with Crippen molar-refractivity contribution in [1.82, 2.24) is 19.9 Å². The molecule has 7 heteroatoms. The fourth-order valence-corrected chi connectivity index (χ4v) is 4.75. The average molecular weight is 420 g/mol. The Morgan fingerprint density at radius 3 is 2.73 bits per heavy atom. The molecule has 1 aliphatic rings. The van der Waals surface area contributed by atoms with Crippen LogP contribution >= 0.6 is 11.3 Å². The van der Waals surface area contributed by atoms with Gasteiger partial charge in [0.15, 0.2) is 0 Å². The first-order valence-electron chi connectivity index (χ1n) is 9.87. The van der Waals surface area contributed by atoms with Crippen molar-refractivity contribution in [2.24, 2.45) is 5.73 Å². The van der Waals surface area contributed by atoms with Crippen LogP contribution in [0.1, 0.15) is 21.7 Å². The summed E-state index contributed by atoms with van der Waals surface area (Å²) in [6.07, 6.45) is 5.38. The number of pyridine rings is 1. The molecule has 4 aromatic rings. The molecule has 154 valence electrons. The van der Waals surface area contributed by atoms with Crippen LogP contribution in [0.2, 0.25) is 0 Å². The largest absolute Gasteiger partial charge is 0.372 e. The molecule has 30 heavy (non-hydrogen) atoms. The van der Waals surface area contributed by atoms with Gasteiger partial charge in [0.2, 0.25) is 6.41 Å². The summed E-state index contributed by atoms with van der Waals surface area (Å²) in [4.78, 5) is 24.9. The normalized spacial score (nSPS) is 13.6. The molecule has 0 saturated carbocycles. The molecule has 0 fully saturated rings. The SMILES string of the molecule is Cc1nc(-c2c[nH]c3ncc(-c4ccc5c(c4)CN(C)CC5)cc23)sc1C.NC=O. The number of hydrogen-bond acceptors (Lipinski definition) is 5. The molecule has 3 aromatic heterocycles. The van der Waals surface area contributed by atoms with E-state index in [1.165, 1.54) is 21.6 Å². The van der Waals surface area contributed by atoms with Crippen molar-refractivity contribution in [2.45, 2.75) is 26.8 Å². The second-order valence-electron chi connectivity index (χ2n) is 7.59. The van der Waals surface area contributed by atoms with Gasteiger partial charge in [0.1, 0.15) is 10.7 Å². The Kier molecular flexibility index (Phi) is 5.65. The smallest absolute Gasteiger partial charge is 0.204 e. The molecule has 0 saturated heterocycles. The molecule has 4 heterocycles. The van der Waals surface area contributed by atoms with Gasteiger partial charge in [-0.2, -0.15) is 0 Å². The Morgan fingerprint density at radius 2 is 2.00 bits per heavy atom. The monoisotopic (exact) mass is 419 g/mol. The van der Waals surface area contributed by atoms with Gasteiger partial charge in [-0.15, -0.1) is 11.3 Å². The fourth-order valence-electron chi connectivity index (χ4n) is 3.80. The quantitative estimate of drug-likeness (QED) is 0.480. The van der Waals surface area contributed by atoms with E-state index in [1.54, 1.807) is 11.3 Å². The summed E-state index contributed by atoms with van der Waals surface area (Å²) in [7, 11) is 2.19. The molecule has 0 bridgehead atoms. The number of nitrogens with zero attached hydrogens (tertiary/aromatic N) is 3. The first kappa shape index (κ1) is 20.3. The number of H-pyrrole nitrogens is 1. The van der Waals surface area contributed by atoms with E-state index in [-0.39, 0.29) is 6.41 Å². The number of nitrogens with two attached hydrogens (primary N) is 1. The van der Waals surface area contributed by atoms with E-state index in [4.69, 9.17) is 9.78 Å². The van der Waals surface area contributed by atoms with Crippen molar-refractivity contribution < 1.29 is 4.79 Å². The predicted octanol–water partition coefficient (Wildman–Crippen LogP) is 4.06. The van der Waals surface area contributed by atoms with Gasteiger partial charge >= 0.3 is 0 Å². The number of carbonyl (C=O) groups is 1. The average Bonchev–Trinajstić information content (AvgIpc) is 3.30. The number of rotatable bonds is 2. The molecular weight excluding hydrogens is 394 g/mol. The van der Waals surface area contributed by atoms with Gasteiger partial charge in [0, 0.05) is 46.9 Å². The lowest BCUT2D eigenvalue weighted by molar-refractivity contribution is -0.106. The summed E-state index contributed by atoms with van der Waals surface area (Å²) in [6, 6.07) is 9.09. The second-order valence-corrected chi connectivity index (χ2v) is 8.79. The van der Waals surface area contributed by atoms with E-state index in [1.807, 2.05) is 12.4 Å². The molecule has 0 radical (unpaired) electrons. The number of amides is 1. The molecular formula is C23H25N5OS. The third-order valence-corrected chi connectivity index (χ3v) is 6.64. The summed E-state index contributed by atoms with van der Waals surface area (Å²) < 4.78 is 0. The molecule has 0 aliphatic carbocycles. The van der Waals surface area contributed by atoms with E-state index in [2.05, 4.69) is 65.8 Å². The Hall–Kier alpha value is -3.03. The topological polar surface area (TPSA) is 87.9 Å². The number of carbonyl (C=O) groups excluding carboxylic acids is 1. The second kappa shape index (κ2) is 8.38. The number of aromatic nitrogens is 3. The van der Waals surface area contributed by atoms with Crippen molar-refractivity contribution >= 4 is 28.8 Å². The zero-order chi connectivity index (χ0) is 21.3. The Bertz CT molecular complexity index is 1190. The van der Waals surface area contributed by atoms with Crippen molar-refractivity contribution in [3.8, 4) is 21.7 Å². The maximum Gasteiger partial charge on any atom is 0.204 e. The van der Waals surface area contributed by atoms with Crippen molar-refractivity contribution in [1.29, 1.82) is 0 Å². The van der Waals surface area contributed by atoms with Gasteiger partial charge in [-0.05, 0) is 56.1 Å². The number of fused-ring (bicyclic) bond motifs is 2. The molecule has 1 aromatic carbocycles. The number of likely N-dealkylation sites (N-methyl/N-ethyl adjacent to an activating group) is 1. The van der Waals surface area contributed by atoms with Crippen molar-refractivity contribution in [3.63, 3.8) is 0 Å². The highest BCUT2D eigenvalue weighted by Gasteiger charge is 2.16. The van der Waals surface area contributed by atoms with Crippen LogP contribution in [0.25, 0.3) is 32.7 Å². The lowest BCUT2D eigenvalue weighted by Gasteiger charge is -2.25. The van der Waals surface area contributed by atoms with Gasteiger partial charge in [-0.3, -0.25) is 4.79 Å². The Balaban J connectivity index is 0.000000687. The molecule has 1 amide bonds. The van der Waals surface area contributed by atoms with Gasteiger partial charge in [0.05, 0.1) is 5.69 Å². The highest BCUT2D eigenvalue weighted by atomic mass is 32.1. The summed E-state index contributed by atoms with van der Waals surface area (Å²) in [6.45, 7) is 6.35. The highest BCUT2D eigenvalue weighted by Crippen LogP contribution is 2.34. The minimum absolute atomic E-state index is 0.250. The third kappa shape index (κ3) is 3.86. The summed E-state index contributed by atoms with van der Waals surface area (Å²) in [5.74, 6) is 0. The Labute approximate surface area is 179 Å². The standard InChI is InChI=1S/C22H22N4S.CH3NO/c1-13-14(2)27-22(25-13)20-11-24-21-19(20)9-17(10-23-21)16-5-4-15-6-7-26(3)12-18(15)8-16;2-1-3/h4-5,8-11H,6-7,12H2,1-3H3,(H,23,24);1H,(H2,2,3). The molecule has 6 nitrogen and oxygen atoms in total. The van der Waals surface area contributed by atoms with Crippen molar-refractivity contribution in [2.75, 3.05) is 13.6 Å². The maximum atomic E-state index is 8.58. The lowest BCUT2D eigenvalue weighted by atomic mass is 9.95. The zero-order valence-corrected chi connectivity index (χ0v) is 18.2. The van der Waals surface area contributed by atoms with E-state index in [0.717, 1.165) is 52.4 Å². The number of thiazole rings is 1. The van der Waals surface area contributed by atoms with Crippen LogP contribution in [0.4, 0.5) is 0 Å². The fraction of sp³-hybridized carbons (Fsp3) is 0.261. The number of hydrogen-bond donors (Lipinski definition) is 2. The predicted molar refractivity (Wildman–Crippen MR) is 122 cm³/mol. The lowest BCUT2D eigenvalue weighted by Crippen LogP contribution is -2.26. The zero-order valence-electron chi connectivity index (χ0n) is 17.4. The molecule has 0 atom stereocenters. The summed E-state index contributed by atoms with van der Waals surface area (Å²) in [5, 5.41) is 2.19. The number of aryl methyl sites for hydroxylation is 2. The minimum atomic E-state index is 0.250. The third-order valence-electron chi connectivity index (χ3n) is 5.53. The summed E-state index contributed by atoms with van der Waals surface area (Å²) in [5.41, 5.74) is 12.6. The first-order valence-corrected chi connectivity index (χ1v) is 10.7. The van der Waals surface area contributed by atoms with Crippen LogP contribution in [0.3, 0.4) is 0 Å².